The fourth-order valence-corrected chi connectivity index (χ4v) is 3.70. The predicted octanol–water partition coefficient (Wildman–Crippen LogP) is 1.87. The van der Waals surface area contributed by atoms with Crippen LogP contribution in [0.25, 0.3) is 0 Å². The maximum Gasteiger partial charge on any atom is 0.323 e. The van der Waals surface area contributed by atoms with E-state index in [0.29, 0.717) is 31.5 Å². The molecule has 0 spiro atoms. The molecule has 150 valence electrons. The average Bonchev–Trinajstić information content (AvgIpc) is 2.78. The zero-order valence-corrected chi connectivity index (χ0v) is 16.9. The van der Waals surface area contributed by atoms with Crippen LogP contribution in [0.1, 0.15) is 63.0 Å². The van der Waals surface area contributed by atoms with Crippen LogP contribution in [0.15, 0.2) is 6.20 Å². The second-order valence-corrected chi connectivity index (χ2v) is 8.14. The molecule has 1 aliphatic heterocycles. The largest absolute Gasteiger partial charge is 0.480 e. The van der Waals surface area contributed by atoms with Gasteiger partial charge in [-0.25, -0.2) is 0 Å². The normalized spacial score (nSPS) is 18.1. The molecular formula is C19H30N4O4. The number of aromatic nitrogens is 2. The van der Waals surface area contributed by atoms with Crippen molar-refractivity contribution in [3.63, 3.8) is 0 Å². The standard InChI is InChI=1S/C19H30N4O4/c1-13-16(11-20-23(13)19(3,4)5)18(27)21-9-6-7-15(8-10-21)22(14(2)24)12-17(25)26/h11,15H,6-10,12H2,1-5H3,(H,25,26)/t15-/m1/s1. The first-order chi connectivity index (χ1) is 12.5. The molecule has 2 amide bonds. The van der Waals surface area contributed by atoms with Crippen LogP contribution in [-0.4, -0.2) is 68.1 Å². The summed E-state index contributed by atoms with van der Waals surface area (Å²) in [5.74, 6) is -1.33. The molecule has 1 fully saturated rings. The molecule has 1 aliphatic rings. The van der Waals surface area contributed by atoms with E-state index < -0.39 is 5.97 Å². The van der Waals surface area contributed by atoms with E-state index in [-0.39, 0.29) is 29.9 Å². The Balaban J connectivity index is 2.12. The maximum absolute atomic E-state index is 13.0. The third-order valence-corrected chi connectivity index (χ3v) is 5.01. The van der Waals surface area contributed by atoms with Gasteiger partial charge < -0.3 is 14.9 Å². The van der Waals surface area contributed by atoms with Crippen LogP contribution >= 0.6 is 0 Å². The molecule has 2 rings (SSSR count). The lowest BCUT2D eigenvalue weighted by molar-refractivity contribution is -0.145. The van der Waals surface area contributed by atoms with Crippen molar-refractivity contribution in [2.75, 3.05) is 19.6 Å². The summed E-state index contributed by atoms with van der Waals surface area (Å²) in [7, 11) is 0. The van der Waals surface area contributed by atoms with Gasteiger partial charge >= 0.3 is 5.97 Å². The van der Waals surface area contributed by atoms with E-state index in [1.165, 1.54) is 11.8 Å². The number of hydrogen-bond donors (Lipinski definition) is 1. The summed E-state index contributed by atoms with van der Waals surface area (Å²) in [5.41, 5.74) is 1.23. The second kappa shape index (κ2) is 8.10. The van der Waals surface area contributed by atoms with Crippen LogP contribution in [0, 0.1) is 6.92 Å². The molecule has 0 aliphatic carbocycles. The second-order valence-electron chi connectivity index (χ2n) is 8.14. The zero-order chi connectivity index (χ0) is 20.4. The highest BCUT2D eigenvalue weighted by Gasteiger charge is 2.29. The molecule has 0 bridgehead atoms. The van der Waals surface area contributed by atoms with Gasteiger partial charge in [0.15, 0.2) is 0 Å². The van der Waals surface area contributed by atoms with Crippen molar-refractivity contribution >= 4 is 17.8 Å². The van der Waals surface area contributed by atoms with Crippen LogP contribution < -0.4 is 0 Å². The fraction of sp³-hybridized carbons (Fsp3) is 0.684. The van der Waals surface area contributed by atoms with Crippen LogP contribution in [0.5, 0.6) is 0 Å². The molecule has 0 radical (unpaired) electrons. The molecule has 1 aromatic rings. The molecule has 27 heavy (non-hydrogen) atoms. The SMILES string of the molecule is CC(=O)N(CC(=O)O)[C@@H]1CCCN(C(=O)c2cnn(C(C)(C)C)c2C)CC1. The summed E-state index contributed by atoms with van der Waals surface area (Å²) in [6.45, 7) is 10.2. The Bertz CT molecular complexity index is 720. The lowest BCUT2D eigenvalue weighted by Gasteiger charge is -2.29. The Hall–Kier alpha value is -2.38. The maximum atomic E-state index is 13.0. The Labute approximate surface area is 160 Å². The summed E-state index contributed by atoms with van der Waals surface area (Å²) in [6, 6.07) is -0.158. The van der Waals surface area contributed by atoms with E-state index in [2.05, 4.69) is 5.10 Å². The molecule has 1 saturated heterocycles. The zero-order valence-electron chi connectivity index (χ0n) is 16.9. The van der Waals surface area contributed by atoms with Gasteiger partial charge in [-0.1, -0.05) is 0 Å². The average molecular weight is 378 g/mol. The summed E-state index contributed by atoms with van der Waals surface area (Å²) < 4.78 is 1.85. The molecule has 0 aromatic carbocycles. The number of carbonyl (C=O) groups excluding carboxylic acids is 2. The van der Waals surface area contributed by atoms with Crippen LogP contribution in [0.2, 0.25) is 0 Å². The van der Waals surface area contributed by atoms with Crippen LogP contribution in [0.4, 0.5) is 0 Å². The lowest BCUT2D eigenvalue weighted by Crippen LogP contribution is -2.43. The van der Waals surface area contributed by atoms with Gasteiger partial charge in [0.05, 0.1) is 17.3 Å². The minimum Gasteiger partial charge on any atom is -0.480 e. The molecule has 8 heteroatoms. The van der Waals surface area contributed by atoms with Crippen molar-refractivity contribution in [2.45, 2.75) is 65.5 Å². The van der Waals surface area contributed by atoms with E-state index in [4.69, 9.17) is 5.11 Å². The first kappa shape index (κ1) is 20.9. The molecule has 0 unspecified atom stereocenters. The summed E-state index contributed by atoms with van der Waals surface area (Å²) in [4.78, 5) is 39.1. The van der Waals surface area contributed by atoms with E-state index in [1.54, 1.807) is 11.1 Å². The molecule has 0 saturated carbocycles. The third kappa shape index (κ3) is 4.87. The van der Waals surface area contributed by atoms with Crippen molar-refractivity contribution in [2.24, 2.45) is 0 Å². The number of carboxylic acids is 1. The van der Waals surface area contributed by atoms with E-state index in [9.17, 15) is 14.4 Å². The highest BCUT2D eigenvalue weighted by atomic mass is 16.4. The van der Waals surface area contributed by atoms with Gasteiger partial charge in [-0.3, -0.25) is 19.1 Å². The van der Waals surface area contributed by atoms with Gasteiger partial charge in [0.25, 0.3) is 5.91 Å². The highest BCUT2D eigenvalue weighted by molar-refractivity contribution is 5.95. The smallest absolute Gasteiger partial charge is 0.323 e. The van der Waals surface area contributed by atoms with Gasteiger partial charge in [-0.15, -0.1) is 0 Å². The first-order valence-electron chi connectivity index (χ1n) is 9.35. The number of nitrogens with zero attached hydrogens (tertiary/aromatic N) is 4. The monoisotopic (exact) mass is 378 g/mol. The van der Waals surface area contributed by atoms with Gasteiger partial charge in [0.2, 0.25) is 5.91 Å². The summed E-state index contributed by atoms with van der Waals surface area (Å²) in [5, 5.41) is 13.4. The first-order valence-corrected chi connectivity index (χ1v) is 9.35. The predicted molar refractivity (Wildman–Crippen MR) is 101 cm³/mol. The summed E-state index contributed by atoms with van der Waals surface area (Å²) >= 11 is 0. The minimum atomic E-state index is -1.02. The Morgan fingerprint density at radius 2 is 1.93 bits per heavy atom. The van der Waals surface area contributed by atoms with Gasteiger partial charge in [-0.05, 0) is 47.0 Å². The number of carboxylic acid groups (broad SMARTS) is 1. The van der Waals surface area contributed by atoms with Gasteiger partial charge in [0, 0.05) is 31.7 Å². The number of aliphatic carboxylic acids is 1. The Kier molecular flexibility index (Phi) is 6.28. The van der Waals surface area contributed by atoms with E-state index in [1.807, 2.05) is 32.4 Å². The topological polar surface area (TPSA) is 95.7 Å². The molecule has 1 aromatic heterocycles. The Morgan fingerprint density at radius 1 is 1.26 bits per heavy atom. The Morgan fingerprint density at radius 3 is 2.44 bits per heavy atom. The van der Waals surface area contributed by atoms with Crippen molar-refractivity contribution in [3.05, 3.63) is 17.5 Å². The van der Waals surface area contributed by atoms with Crippen molar-refractivity contribution in [3.8, 4) is 0 Å². The van der Waals surface area contributed by atoms with Crippen molar-refractivity contribution < 1.29 is 19.5 Å². The number of amides is 2. The lowest BCUT2D eigenvalue weighted by atomic mass is 10.1. The van der Waals surface area contributed by atoms with Crippen molar-refractivity contribution in [1.29, 1.82) is 0 Å². The molecule has 2 heterocycles. The van der Waals surface area contributed by atoms with Crippen molar-refractivity contribution in [1.82, 2.24) is 19.6 Å². The molecule has 8 nitrogen and oxygen atoms in total. The quantitative estimate of drug-likeness (QED) is 0.863. The third-order valence-electron chi connectivity index (χ3n) is 5.01. The number of carbonyl (C=O) groups is 3. The minimum absolute atomic E-state index is 0.0590. The van der Waals surface area contributed by atoms with Crippen LogP contribution in [0.3, 0.4) is 0 Å². The molecule has 1 atom stereocenters. The van der Waals surface area contributed by atoms with Gasteiger partial charge in [-0.2, -0.15) is 5.10 Å². The van der Waals surface area contributed by atoms with E-state index >= 15 is 0 Å². The van der Waals surface area contributed by atoms with E-state index in [0.717, 1.165) is 12.1 Å². The van der Waals surface area contributed by atoms with Crippen LogP contribution in [-0.2, 0) is 15.1 Å². The highest BCUT2D eigenvalue weighted by Crippen LogP contribution is 2.22. The van der Waals surface area contributed by atoms with Gasteiger partial charge in [0.1, 0.15) is 6.54 Å². The number of likely N-dealkylation sites (tertiary alicyclic amines) is 1. The molecular weight excluding hydrogens is 348 g/mol. The number of rotatable bonds is 4. The number of hydrogen-bond acceptors (Lipinski definition) is 4. The fourth-order valence-electron chi connectivity index (χ4n) is 3.70. The molecule has 1 N–H and O–H groups in total. The summed E-state index contributed by atoms with van der Waals surface area (Å²) in [6.07, 6.45) is 3.62.